The summed E-state index contributed by atoms with van der Waals surface area (Å²) in [6.45, 7) is 1.57. The molecule has 90 valence electrons. The van der Waals surface area contributed by atoms with Crippen molar-refractivity contribution in [3.05, 3.63) is 11.6 Å². The molecule has 0 aliphatic carbocycles. The Morgan fingerprint density at radius 3 is 2.69 bits per heavy atom. The van der Waals surface area contributed by atoms with Crippen LogP contribution in [0.15, 0.2) is 0 Å². The minimum Gasteiger partial charge on any atom is -0.316 e. The number of alkyl halides is 3. The smallest absolute Gasteiger partial charge is 0.316 e. The lowest BCUT2D eigenvalue weighted by Gasteiger charge is -2.19. The Bertz CT molecular complexity index is 365. The molecule has 1 aliphatic heterocycles. The summed E-state index contributed by atoms with van der Waals surface area (Å²) in [6, 6.07) is 0. The van der Waals surface area contributed by atoms with E-state index in [1.54, 1.807) is 0 Å². The zero-order valence-corrected chi connectivity index (χ0v) is 8.88. The Kier molecular flexibility index (Phi) is 2.88. The number of aromatic nitrogens is 3. The van der Waals surface area contributed by atoms with Gasteiger partial charge >= 0.3 is 6.18 Å². The van der Waals surface area contributed by atoms with E-state index >= 15 is 0 Å². The van der Waals surface area contributed by atoms with Crippen LogP contribution in [0.1, 0.15) is 30.4 Å². The highest BCUT2D eigenvalue weighted by Crippen LogP contribution is 2.29. The van der Waals surface area contributed by atoms with Crippen LogP contribution in [0, 0.1) is 0 Å². The average Bonchev–Trinajstić information content (AvgIpc) is 2.61. The zero-order valence-electron chi connectivity index (χ0n) is 8.88. The molecule has 0 aromatic carbocycles. The molecule has 1 N–H and O–H groups in total. The van der Waals surface area contributed by atoms with Crippen molar-refractivity contribution in [1.82, 2.24) is 20.1 Å². The highest BCUT2D eigenvalue weighted by atomic mass is 19.4. The molecule has 1 atom stereocenters. The quantitative estimate of drug-likeness (QED) is 0.796. The fourth-order valence-corrected chi connectivity index (χ4v) is 1.90. The molecule has 1 saturated heterocycles. The molecular weight excluding hydrogens is 221 g/mol. The van der Waals surface area contributed by atoms with Crippen LogP contribution in [-0.4, -0.2) is 27.9 Å². The normalized spacial score (nSPS) is 22.4. The molecule has 2 heterocycles. The third-order valence-electron chi connectivity index (χ3n) is 2.70. The summed E-state index contributed by atoms with van der Waals surface area (Å²) in [5, 5.41) is 6.98. The van der Waals surface area contributed by atoms with Crippen LogP contribution in [0.4, 0.5) is 13.2 Å². The van der Waals surface area contributed by atoms with Crippen molar-refractivity contribution in [3.63, 3.8) is 0 Å². The predicted molar refractivity (Wildman–Crippen MR) is 50.8 cm³/mol. The Morgan fingerprint density at radius 2 is 2.19 bits per heavy atom. The molecule has 7 heteroatoms. The van der Waals surface area contributed by atoms with Gasteiger partial charge in [-0.05, 0) is 19.4 Å². The number of aryl methyl sites for hydroxylation is 1. The van der Waals surface area contributed by atoms with Gasteiger partial charge in [-0.15, -0.1) is 0 Å². The second kappa shape index (κ2) is 4.04. The molecule has 2 rings (SSSR count). The van der Waals surface area contributed by atoms with E-state index in [9.17, 15) is 13.2 Å². The van der Waals surface area contributed by atoms with Crippen molar-refractivity contribution >= 4 is 0 Å². The second-order valence-corrected chi connectivity index (χ2v) is 3.96. The number of hydrogen-bond donors (Lipinski definition) is 1. The first-order valence-electron chi connectivity index (χ1n) is 5.17. The molecule has 0 saturated carbocycles. The van der Waals surface area contributed by atoms with E-state index in [1.165, 1.54) is 7.05 Å². The number of piperidine rings is 1. The first kappa shape index (κ1) is 11.4. The summed E-state index contributed by atoms with van der Waals surface area (Å²) >= 11 is 0. The van der Waals surface area contributed by atoms with E-state index in [0.29, 0.717) is 12.4 Å². The van der Waals surface area contributed by atoms with Crippen molar-refractivity contribution in [2.45, 2.75) is 24.9 Å². The third kappa shape index (κ3) is 2.18. The number of rotatable bonds is 1. The number of halogens is 3. The summed E-state index contributed by atoms with van der Waals surface area (Å²) in [7, 11) is 1.27. The molecule has 16 heavy (non-hydrogen) atoms. The van der Waals surface area contributed by atoms with Crippen molar-refractivity contribution in [2.24, 2.45) is 7.05 Å². The van der Waals surface area contributed by atoms with E-state index < -0.39 is 12.0 Å². The molecule has 0 amide bonds. The fraction of sp³-hybridized carbons (Fsp3) is 0.778. The Balaban J connectivity index is 2.23. The summed E-state index contributed by atoms with van der Waals surface area (Å²) in [5.41, 5.74) is 0. The topological polar surface area (TPSA) is 42.7 Å². The Hall–Kier alpha value is -1.11. The van der Waals surface area contributed by atoms with Gasteiger partial charge in [0.2, 0.25) is 5.82 Å². The molecular formula is C9H13F3N4. The van der Waals surface area contributed by atoms with Crippen LogP contribution in [-0.2, 0) is 13.2 Å². The largest absolute Gasteiger partial charge is 0.451 e. The van der Waals surface area contributed by atoms with Crippen LogP contribution in [0.5, 0.6) is 0 Å². The van der Waals surface area contributed by atoms with E-state index in [4.69, 9.17) is 0 Å². The van der Waals surface area contributed by atoms with Crippen LogP contribution in [0.25, 0.3) is 0 Å². The zero-order chi connectivity index (χ0) is 11.8. The number of nitrogens with one attached hydrogen (secondary N) is 1. The van der Waals surface area contributed by atoms with E-state index in [1.807, 2.05) is 0 Å². The molecule has 1 fully saturated rings. The molecule has 1 aromatic rings. The van der Waals surface area contributed by atoms with Gasteiger partial charge in [0.05, 0.1) is 0 Å². The lowest BCUT2D eigenvalue weighted by Crippen LogP contribution is -2.29. The van der Waals surface area contributed by atoms with Gasteiger partial charge in [0.25, 0.3) is 0 Å². The van der Waals surface area contributed by atoms with Crippen LogP contribution >= 0.6 is 0 Å². The third-order valence-corrected chi connectivity index (χ3v) is 2.70. The van der Waals surface area contributed by atoms with Gasteiger partial charge in [0.1, 0.15) is 0 Å². The van der Waals surface area contributed by atoms with Gasteiger partial charge in [-0.25, -0.2) is 9.67 Å². The first-order valence-corrected chi connectivity index (χ1v) is 5.17. The molecule has 0 radical (unpaired) electrons. The Morgan fingerprint density at radius 1 is 1.44 bits per heavy atom. The van der Waals surface area contributed by atoms with Crippen molar-refractivity contribution in [2.75, 3.05) is 13.1 Å². The van der Waals surface area contributed by atoms with Crippen LogP contribution in [0.2, 0.25) is 0 Å². The summed E-state index contributed by atoms with van der Waals surface area (Å²) in [6.07, 6.45) is -2.64. The maximum absolute atomic E-state index is 12.5. The predicted octanol–water partition coefficient (Wildman–Crippen LogP) is 1.30. The maximum Gasteiger partial charge on any atom is 0.451 e. The van der Waals surface area contributed by atoms with Gasteiger partial charge < -0.3 is 5.32 Å². The summed E-state index contributed by atoms with van der Waals surface area (Å²) < 4.78 is 38.3. The van der Waals surface area contributed by atoms with E-state index in [2.05, 4.69) is 15.4 Å². The van der Waals surface area contributed by atoms with Gasteiger partial charge in [-0.2, -0.15) is 18.3 Å². The molecule has 1 aliphatic rings. The maximum atomic E-state index is 12.5. The highest BCUT2D eigenvalue weighted by Gasteiger charge is 2.38. The molecule has 1 aromatic heterocycles. The van der Waals surface area contributed by atoms with Gasteiger partial charge in [0.15, 0.2) is 5.82 Å². The van der Waals surface area contributed by atoms with Gasteiger partial charge in [-0.1, -0.05) is 0 Å². The number of hydrogen-bond acceptors (Lipinski definition) is 3. The van der Waals surface area contributed by atoms with Gasteiger partial charge in [-0.3, -0.25) is 0 Å². The lowest BCUT2D eigenvalue weighted by molar-refractivity contribution is -0.147. The summed E-state index contributed by atoms with van der Waals surface area (Å²) in [5.74, 6) is -0.633. The SMILES string of the molecule is Cn1nc(C2CCCNC2)nc1C(F)(F)F. The van der Waals surface area contributed by atoms with Crippen molar-refractivity contribution < 1.29 is 13.2 Å². The van der Waals surface area contributed by atoms with Crippen molar-refractivity contribution in [3.8, 4) is 0 Å². The molecule has 0 bridgehead atoms. The first-order chi connectivity index (χ1) is 7.48. The molecule has 1 unspecified atom stereocenters. The molecule has 4 nitrogen and oxygen atoms in total. The summed E-state index contributed by atoms with van der Waals surface area (Å²) in [4.78, 5) is 3.59. The minimum absolute atomic E-state index is 0.00366. The lowest BCUT2D eigenvalue weighted by atomic mass is 9.99. The average molecular weight is 234 g/mol. The standard InChI is InChI=1S/C9H13F3N4/c1-16-8(9(10,11)12)14-7(15-16)6-3-2-4-13-5-6/h6,13H,2-5H2,1H3. The fourth-order valence-electron chi connectivity index (χ4n) is 1.90. The highest BCUT2D eigenvalue weighted by molar-refractivity contribution is 5.03. The van der Waals surface area contributed by atoms with Crippen LogP contribution < -0.4 is 5.32 Å². The second-order valence-electron chi connectivity index (χ2n) is 3.96. The minimum atomic E-state index is -4.43. The van der Waals surface area contributed by atoms with E-state index in [0.717, 1.165) is 24.1 Å². The van der Waals surface area contributed by atoms with Crippen molar-refractivity contribution in [1.29, 1.82) is 0 Å². The van der Waals surface area contributed by atoms with E-state index in [-0.39, 0.29) is 5.92 Å². The number of nitrogens with zero attached hydrogens (tertiary/aromatic N) is 3. The van der Waals surface area contributed by atoms with Crippen LogP contribution in [0.3, 0.4) is 0 Å². The Labute approximate surface area is 90.9 Å². The monoisotopic (exact) mass is 234 g/mol. The molecule has 0 spiro atoms. The van der Waals surface area contributed by atoms with Gasteiger partial charge in [0, 0.05) is 19.5 Å².